The van der Waals surface area contributed by atoms with Crippen LogP contribution in [0.4, 0.5) is 9.18 Å². The summed E-state index contributed by atoms with van der Waals surface area (Å²) in [6.07, 6.45) is 1.45. The Hall–Kier alpha value is -1.05. The molecular formula is C19H27BrClFN2O3. The Balaban J connectivity index is 1.76. The smallest absolute Gasteiger partial charge is 0.410 e. The molecule has 0 radical (unpaired) electrons. The van der Waals surface area contributed by atoms with Crippen molar-refractivity contribution in [3.05, 3.63) is 27.4 Å². The van der Waals surface area contributed by atoms with Gasteiger partial charge in [-0.15, -0.1) is 0 Å². The SMILES string of the molecule is CN(C(=O)OC(C)(C)C)C1CCN(CCOc2c(F)cc(Cl)cc2Br)CC1. The molecule has 2 rings (SSSR count). The van der Waals surface area contributed by atoms with Crippen molar-refractivity contribution in [2.45, 2.75) is 45.3 Å². The summed E-state index contributed by atoms with van der Waals surface area (Å²) in [5.41, 5.74) is -0.491. The lowest BCUT2D eigenvalue weighted by Crippen LogP contribution is -2.47. The lowest BCUT2D eigenvalue weighted by Gasteiger charge is -2.37. The van der Waals surface area contributed by atoms with Crippen molar-refractivity contribution in [3.63, 3.8) is 0 Å². The van der Waals surface area contributed by atoms with E-state index in [2.05, 4.69) is 20.8 Å². The molecule has 0 spiro atoms. The monoisotopic (exact) mass is 464 g/mol. The first-order valence-corrected chi connectivity index (χ1v) is 10.2. The molecule has 0 bridgehead atoms. The third-order valence-electron chi connectivity index (χ3n) is 4.40. The molecular weight excluding hydrogens is 439 g/mol. The second-order valence-electron chi connectivity index (χ2n) is 7.71. The van der Waals surface area contributed by atoms with Crippen LogP contribution < -0.4 is 4.74 Å². The number of likely N-dealkylation sites (tertiary alicyclic amines) is 1. The molecule has 1 aliphatic heterocycles. The predicted octanol–water partition coefficient (Wildman–Crippen LogP) is 4.95. The highest BCUT2D eigenvalue weighted by molar-refractivity contribution is 9.10. The standard InChI is InChI=1S/C19H27BrClFN2O3/c1-19(2,3)27-18(25)23(4)14-5-7-24(8-6-14)9-10-26-17-15(20)11-13(21)12-16(17)22/h11-12,14H,5-10H2,1-4H3. The van der Waals surface area contributed by atoms with E-state index < -0.39 is 11.4 Å². The van der Waals surface area contributed by atoms with Gasteiger partial charge >= 0.3 is 6.09 Å². The normalized spacial score (nSPS) is 16.3. The summed E-state index contributed by atoms with van der Waals surface area (Å²) in [5.74, 6) is -0.300. The molecule has 0 N–H and O–H groups in total. The Kier molecular flexibility index (Phi) is 7.77. The van der Waals surface area contributed by atoms with E-state index in [-0.39, 0.29) is 17.9 Å². The Morgan fingerprint density at radius 1 is 1.37 bits per heavy atom. The molecule has 0 aromatic heterocycles. The van der Waals surface area contributed by atoms with Gasteiger partial charge in [0.1, 0.15) is 12.2 Å². The third kappa shape index (κ3) is 6.80. The molecule has 5 nitrogen and oxygen atoms in total. The van der Waals surface area contributed by atoms with Crippen LogP contribution in [0.3, 0.4) is 0 Å². The lowest BCUT2D eigenvalue weighted by molar-refractivity contribution is 0.0147. The van der Waals surface area contributed by atoms with Gasteiger partial charge in [-0.05, 0) is 61.7 Å². The fourth-order valence-electron chi connectivity index (χ4n) is 2.96. The van der Waals surface area contributed by atoms with Gasteiger partial charge < -0.3 is 14.4 Å². The number of rotatable bonds is 5. The lowest BCUT2D eigenvalue weighted by atomic mass is 10.0. The molecule has 152 valence electrons. The number of carbonyl (C=O) groups is 1. The Morgan fingerprint density at radius 3 is 2.56 bits per heavy atom. The van der Waals surface area contributed by atoms with Gasteiger partial charge in [-0.3, -0.25) is 4.90 Å². The van der Waals surface area contributed by atoms with Crippen LogP contribution >= 0.6 is 27.5 Å². The molecule has 0 unspecified atom stereocenters. The highest BCUT2D eigenvalue weighted by Gasteiger charge is 2.28. The van der Waals surface area contributed by atoms with Gasteiger partial charge in [-0.2, -0.15) is 0 Å². The van der Waals surface area contributed by atoms with Gasteiger partial charge in [-0.25, -0.2) is 9.18 Å². The largest absolute Gasteiger partial charge is 0.488 e. The van der Waals surface area contributed by atoms with Crippen LogP contribution in [-0.2, 0) is 4.74 Å². The van der Waals surface area contributed by atoms with Crippen LogP contribution in [0, 0.1) is 5.82 Å². The van der Waals surface area contributed by atoms with Crippen LogP contribution in [0.1, 0.15) is 33.6 Å². The fourth-order valence-corrected chi connectivity index (χ4v) is 3.84. The minimum absolute atomic E-state index is 0.167. The number of carbonyl (C=O) groups excluding carboxylic acids is 1. The van der Waals surface area contributed by atoms with E-state index in [0.717, 1.165) is 25.9 Å². The zero-order valence-corrected chi connectivity index (χ0v) is 18.6. The maximum Gasteiger partial charge on any atom is 0.410 e. The molecule has 0 atom stereocenters. The molecule has 1 fully saturated rings. The van der Waals surface area contributed by atoms with E-state index in [1.165, 1.54) is 6.07 Å². The average Bonchev–Trinajstić information content (AvgIpc) is 2.55. The molecule has 1 aliphatic rings. The van der Waals surface area contributed by atoms with E-state index in [9.17, 15) is 9.18 Å². The van der Waals surface area contributed by atoms with Gasteiger partial charge in [0.25, 0.3) is 0 Å². The summed E-state index contributed by atoms with van der Waals surface area (Å²) in [4.78, 5) is 16.1. The number of nitrogens with zero attached hydrogens (tertiary/aromatic N) is 2. The molecule has 1 aromatic carbocycles. The Labute approximate surface area is 173 Å². The second kappa shape index (κ2) is 9.43. The summed E-state index contributed by atoms with van der Waals surface area (Å²) >= 11 is 9.07. The minimum Gasteiger partial charge on any atom is -0.488 e. The summed E-state index contributed by atoms with van der Waals surface area (Å²) in [5, 5.41) is 0.322. The summed E-state index contributed by atoms with van der Waals surface area (Å²) in [6, 6.07) is 3.01. The van der Waals surface area contributed by atoms with Crippen molar-refractivity contribution in [1.29, 1.82) is 0 Å². The highest BCUT2D eigenvalue weighted by atomic mass is 79.9. The van der Waals surface area contributed by atoms with Crippen LogP contribution in [-0.4, -0.2) is 60.8 Å². The Morgan fingerprint density at radius 2 is 2.00 bits per heavy atom. The molecule has 1 aromatic rings. The number of amides is 1. The van der Waals surface area contributed by atoms with Crippen LogP contribution in [0.5, 0.6) is 5.75 Å². The zero-order chi connectivity index (χ0) is 20.2. The second-order valence-corrected chi connectivity index (χ2v) is 9.00. The number of ether oxygens (including phenoxy) is 2. The third-order valence-corrected chi connectivity index (χ3v) is 5.21. The predicted molar refractivity (Wildman–Crippen MR) is 108 cm³/mol. The topological polar surface area (TPSA) is 42.0 Å². The Bertz CT molecular complexity index is 638. The summed E-state index contributed by atoms with van der Waals surface area (Å²) < 4.78 is 25.4. The highest BCUT2D eigenvalue weighted by Crippen LogP contribution is 2.31. The maximum atomic E-state index is 13.9. The van der Waals surface area contributed by atoms with E-state index in [0.29, 0.717) is 22.6 Å². The number of halogens is 3. The molecule has 1 heterocycles. The first-order chi connectivity index (χ1) is 12.6. The molecule has 0 aliphatic carbocycles. The van der Waals surface area contributed by atoms with Gasteiger partial charge in [0.15, 0.2) is 11.6 Å². The quantitative estimate of drug-likeness (QED) is 0.617. The van der Waals surface area contributed by atoms with E-state index in [1.807, 2.05) is 20.8 Å². The molecule has 0 saturated carbocycles. The first kappa shape index (κ1) is 22.2. The van der Waals surface area contributed by atoms with E-state index in [1.54, 1.807) is 18.0 Å². The maximum absolute atomic E-state index is 13.9. The van der Waals surface area contributed by atoms with Crippen LogP contribution in [0.2, 0.25) is 5.02 Å². The van der Waals surface area contributed by atoms with E-state index >= 15 is 0 Å². The van der Waals surface area contributed by atoms with E-state index in [4.69, 9.17) is 21.1 Å². The van der Waals surface area contributed by atoms with Crippen molar-refractivity contribution in [2.75, 3.05) is 33.3 Å². The van der Waals surface area contributed by atoms with Crippen LogP contribution in [0.25, 0.3) is 0 Å². The van der Waals surface area contributed by atoms with Crippen molar-refractivity contribution < 1.29 is 18.7 Å². The van der Waals surface area contributed by atoms with Crippen molar-refractivity contribution in [3.8, 4) is 5.75 Å². The first-order valence-electron chi connectivity index (χ1n) is 9.02. The summed E-state index contributed by atoms with van der Waals surface area (Å²) in [6.45, 7) is 8.37. The summed E-state index contributed by atoms with van der Waals surface area (Å²) in [7, 11) is 1.79. The van der Waals surface area contributed by atoms with Crippen molar-refractivity contribution in [2.24, 2.45) is 0 Å². The molecule has 27 heavy (non-hydrogen) atoms. The molecule has 1 amide bonds. The number of hydrogen-bond donors (Lipinski definition) is 0. The van der Waals surface area contributed by atoms with Crippen molar-refractivity contribution >= 4 is 33.6 Å². The minimum atomic E-state index is -0.491. The average molecular weight is 466 g/mol. The van der Waals surface area contributed by atoms with Crippen molar-refractivity contribution in [1.82, 2.24) is 9.80 Å². The number of benzene rings is 1. The number of piperidine rings is 1. The number of hydrogen-bond acceptors (Lipinski definition) is 4. The van der Waals surface area contributed by atoms with Gasteiger partial charge in [0.2, 0.25) is 0 Å². The molecule has 1 saturated heterocycles. The fraction of sp³-hybridized carbons (Fsp3) is 0.632. The van der Waals surface area contributed by atoms with Crippen LogP contribution in [0.15, 0.2) is 16.6 Å². The van der Waals surface area contributed by atoms with Gasteiger partial charge in [0.05, 0.1) is 4.47 Å². The molecule has 8 heteroatoms. The zero-order valence-electron chi connectivity index (χ0n) is 16.2. The van der Waals surface area contributed by atoms with Gasteiger partial charge in [-0.1, -0.05) is 11.6 Å². The van der Waals surface area contributed by atoms with Gasteiger partial charge in [0, 0.05) is 37.7 Å².